The second kappa shape index (κ2) is 6.30. The number of aromatic nitrogens is 3. The maximum Gasteiger partial charge on any atom is 0.180 e. The monoisotopic (exact) mass is 288 g/mol. The molecule has 0 bridgehead atoms. The van der Waals surface area contributed by atoms with Gasteiger partial charge >= 0.3 is 0 Å². The number of likely N-dealkylation sites (N-methyl/N-ethyl adjacent to an activating group) is 1. The Labute approximate surface area is 125 Å². The summed E-state index contributed by atoms with van der Waals surface area (Å²) in [4.78, 5) is 11.6. The van der Waals surface area contributed by atoms with Crippen molar-refractivity contribution in [2.45, 2.75) is 32.7 Å². The molecule has 0 aromatic carbocycles. The van der Waals surface area contributed by atoms with Crippen LogP contribution < -0.4 is 10.6 Å². The van der Waals surface area contributed by atoms with Gasteiger partial charge in [-0.05, 0) is 32.9 Å². The highest BCUT2D eigenvalue weighted by Gasteiger charge is 2.20. The van der Waals surface area contributed by atoms with Gasteiger partial charge in [0.1, 0.15) is 5.82 Å². The average Bonchev–Trinajstić information content (AvgIpc) is 2.96. The Morgan fingerprint density at radius 2 is 2.29 bits per heavy atom. The van der Waals surface area contributed by atoms with Gasteiger partial charge in [-0.1, -0.05) is 6.92 Å². The lowest BCUT2D eigenvalue weighted by Crippen LogP contribution is -2.42. The van der Waals surface area contributed by atoms with Crippen molar-refractivity contribution < 1.29 is 0 Å². The minimum atomic E-state index is 0.448. The summed E-state index contributed by atoms with van der Waals surface area (Å²) in [6.45, 7) is 8.56. The van der Waals surface area contributed by atoms with Crippen molar-refractivity contribution in [1.82, 2.24) is 19.3 Å². The van der Waals surface area contributed by atoms with Gasteiger partial charge in [0.15, 0.2) is 11.5 Å². The van der Waals surface area contributed by atoms with E-state index in [-0.39, 0.29) is 0 Å². The van der Waals surface area contributed by atoms with Gasteiger partial charge in [0.2, 0.25) is 0 Å². The van der Waals surface area contributed by atoms with Gasteiger partial charge in [-0.2, -0.15) is 0 Å². The third-order valence-electron chi connectivity index (χ3n) is 4.03. The van der Waals surface area contributed by atoms with Gasteiger partial charge in [-0.15, -0.1) is 0 Å². The molecule has 3 rings (SSSR count). The lowest BCUT2D eigenvalue weighted by molar-refractivity contribution is 0.226. The van der Waals surface area contributed by atoms with Crippen molar-refractivity contribution in [3.63, 3.8) is 0 Å². The number of imidazole rings is 1. The van der Waals surface area contributed by atoms with E-state index in [4.69, 9.17) is 0 Å². The lowest BCUT2D eigenvalue weighted by Gasteiger charge is -2.32. The van der Waals surface area contributed by atoms with Crippen LogP contribution in [0.2, 0.25) is 0 Å². The number of nitrogens with one attached hydrogen (secondary N) is 2. The molecule has 3 heterocycles. The number of hydrogen-bond acceptors (Lipinski definition) is 5. The fraction of sp³-hybridized carbons (Fsp3) is 0.600. The summed E-state index contributed by atoms with van der Waals surface area (Å²) in [7, 11) is 0. The predicted octanol–water partition coefficient (Wildman–Crippen LogP) is 2.06. The predicted molar refractivity (Wildman–Crippen MR) is 85.9 cm³/mol. The minimum Gasteiger partial charge on any atom is -0.369 e. The molecule has 1 atom stereocenters. The zero-order valence-corrected chi connectivity index (χ0v) is 12.8. The highest BCUT2D eigenvalue weighted by Crippen LogP contribution is 2.20. The van der Waals surface area contributed by atoms with Crippen LogP contribution in [0.5, 0.6) is 0 Å². The van der Waals surface area contributed by atoms with Gasteiger partial charge in [-0.25, -0.2) is 9.97 Å². The third-order valence-corrected chi connectivity index (χ3v) is 4.03. The summed E-state index contributed by atoms with van der Waals surface area (Å²) in [6, 6.07) is 0.448. The van der Waals surface area contributed by atoms with Crippen LogP contribution in [0, 0.1) is 0 Å². The molecule has 2 aromatic rings. The van der Waals surface area contributed by atoms with E-state index in [9.17, 15) is 0 Å². The molecule has 1 unspecified atom stereocenters. The standard InChI is InChI=1S/C15H24N6/c1-3-16-13-11-21-9-7-17-15(21)14(19-13)18-12-6-5-8-20(4-2)10-12/h7,9,11-12,16H,3-6,8,10H2,1-2H3,(H,18,19). The van der Waals surface area contributed by atoms with Crippen LogP contribution in [0.3, 0.4) is 0 Å². The molecule has 0 aliphatic carbocycles. The second-order valence-corrected chi connectivity index (χ2v) is 5.54. The van der Waals surface area contributed by atoms with E-state index in [1.165, 1.54) is 19.4 Å². The Hall–Kier alpha value is -1.82. The molecule has 1 aliphatic heterocycles. The zero-order chi connectivity index (χ0) is 14.7. The van der Waals surface area contributed by atoms with Crippen molar-refractivity contribution in [2.24, 2.45) is 0 Å². The maximum atomic E-state index is 4.68. The molecule has 21 heavy (non-hydrogen) atoms. The van der Waals surface area contributed by atoms with Crippen LogP contribution in [-0.4, -0.2) is 51.5 Å². The molecule has 2 N–H and O–H groups in total. The number of fused-ring (bicyclic) bond motifs is 1. The van der Waals surface area contributed by atoms with Crippen molar-refractivity contribution >= 4 is 17.3 Å². The molecule has 1 aliphatic rings. The van der Waals surface area contributed by atoms with E-state index in [0.717, 1.165) is 36.9 Å². The van der Waals surface area contributed by atoms with Crippen LogP contribution in [-0.2, 0) is 0 Å². The highest BCUT2D eigenvalue weighted by molar-refractivity contribution is 5.65. The molecular formula is C15H24N6. The van der Waals surface area contributed by atoms with E-state index < -0.39 is 0 Å². The van der Waals surface area contributed by atoms with Crippen molar-refractivity contribution in [3.8, 4) is 0 Å². The van der Waals surface area contributed by atoms with E-state index in [2.05, 4.69) is 39.3 Å². The number of likely N-dealkylation sites (tertiary alicyclic amines) is 1. The first kappa shape index (κ1) is 14.1. The van der Waals surface area contributed by atoms with E-state index in [0.29, 0.717) is 6.04 Å². The maximum absolute atomic E-state index is 4.68. The number of piperidine rings is 1. The van der Waals surface area contributed by atoms with Crippen LogP contribution in [0.25, 0.3) is 5.65 Å². The van der Waals surface area contributed by atoms with E-state index in [1.54, 1.807) is 0 Å². The van der Waals surface area contributed by atoms with Gasteiger partial charge in [-0.3, -0.25) is 0 Å². The summed E-state index contributed by atoms with van der Waals surface area (Å²) in [6.07, 6.45) is 8.19. The van der Waals surface area contributed by atoms with Gasteiger partial charge in [0.05, 0.1) is 6.20 Å². The molecule has 1 saturated heterocycles. The van der Waals surface area contributed by atoms with Crippen LogP contribution in [0.15, 0.2) is 18.6 Å². The summed E-state index contributed by atoms with van der Waals surface area (Å²) < 4.78 is 2.02. The van der Waals surface area contributed by atoms with Crippen molar-refractivity contribution in [1.29, 1.82) is 0 Å². The Bertz CT molecular complexity index is 593. The lowest BCUT2D eigenvalue weighted by atomic mass is 10.1. The summed E-state index contributed by atoms with van der Waals surface area (Å²) in [5.74, 6) is 1.76. The number of anilines is 2. The Balaban J connectivity index is 1.83. The van der Waals surface area contributed by atoms with Crippen LogP contribution in [0.4, 0.5) is 11.6 Å². The normalized spacial score (nSPS) is 19.8. The first-order valence-electron chi connectivity index (χ1n) is 7.86. The fourth-order valence-electron chi connectivity index (χ4n) is 2.95. The Morgan fingerprint density at radius 3 is 3.10 bits per heavy atom. The quantitative estimate of drug-likeness (QED) is 0.882. The molecule has 6 heteroatoms. The summed E-state index contributed by atoms with van der Waals surface area (Å²) >= 11 is 0. The zero-order valence-electron chi connectivity index (χ0n) is 12.8. The molecular weight excluding hydrogens is 264 g/mol. The van der Waals surface area contributed by atoms with Gasteiger partial charge < -0.3 is 19.9 Å². The highest BCUT2D eigenvalue weighted by atomic mass is 15.2. The number of hydrogen-bond donors (Lipinski definition) is 2. The largest absolute Gasteiger partial charge is 0.369 e. The van der Waals surface area contributed by atoms with E-state index >= 15 is 0 Å². The molecule has 0 radical (unpaired) electrons. The first-order valence-corrected chi connectivity index (χ1v) is 7.86. The van der Waals surface area contributed by atoms with Crippen LogP contribution >= 0.6 is 0 Å². The number of rotatable bonds is 5. The Morgan fingerprint density at radius 1 is 1.38 bits per heavy atom. The van der Waals surface area contributed by atoms with Gasteiger partial charge in [0.25, 0.3) is 0 Å². The number of nitrogens with zero attached hydrogens (tertiary/aromatic N) is 4. The summed E-state index contributed by atoms with van der Waals surface area (Å²) in [5, 5.41) is 6.87. The van der Waals surface area contributed by atoms with Crippen molar-refractivity contribution in [3.05, 3.63) is 18.6 Å². The molecule has 0 spiro atoms. The van der Waals surface area contributed by atoms with Gasteiger partial charge in [0, 0.05) is 31.5 Å². The summed E-state index contributed by atoms with van der Waals surface area (Å²) in [5.41, 5.74) is 0.894. The van der Waals surface area contributed by atoms with Crippen molar-refractivity contribution in [2.75, 3.05) is 36.8 Å². The fourth-order valence-corrected chi connectivity index (χ4v) is 2.95. The molecule has 6 nitrogen and oxygen atoms in total. The third kappa shape index (κ3) is 3.10. The smallest absolute Gasteiger partial charge is 0.180 e. The minimum absolute atomic E-state index is 0.448. The molecule has 114 valence electrons. The first-order chi connectivity index (χ1) is 10.3. The topological polar surface area (TPSA) is 57.5 Å². The second-order valence-electron chi connectivity index (χ2n) is 5.54. The Kier molecular flexibility index (Phi) is 4.24. The molecule has 2 aromatic heterocycles. The van der Waals surface area contributed by atoms with E-state index in [1.807, 2.05) is 23.0 Å². The average molecular weight is 288 g/mol. The molecule has 0 amide bonds. The molecule has 0 saturated carbocycles. The SMILES string of the molecule is CCNc1cn2ccnc2c(NC2CCCN(CC)C2)n1. The molecule has 1 fully saturated rings. The van der Waals surface area contributed by atoms with Crippen LogP contribution in [0.1, 0.15) is 26.7 Å².